The van der Waals surface area contributed by atoms with E-state index in [-0.39, 0.29) is 18.2 Å². The van der Waals surface area contributed by atoms with Crippen LogP contribution in [-0.4, -0.2) is 24.8 Å². The smallest absolute Gasteiger partial charge is 0.243 e. The molecule has 0 heterocycles. The number of benzene rings is 2. The molecule has 0 fully saturated rings. The number of para-hydroxylation sites is 2. The van der Waals surface area contributed by atoms with Crippen LogP contribution < -0.4 is 15.4 Å². The van der Waals surface area contributed by atoms with E-state index < -0.39 is 0 Å². The van der Waals surface area contributed by atoms with Crippen molar-refractivity contribution in [2.24, 2.45) is 0 Å². The molecule has 23 heavy (non-hydrogen) atoms. The van der Waals surface area contributed by atoms with Gasteiger partial charge in [0, 0.05) is 11.3 Å². The number of hydrogen-bond acceptors (Lipinski definition) is 4. The fraction of sp³-hybridized carbons (Fsp3) is 0.222. The standard InChI is InChI=1S/C18H20N2O3/c1-3-23-17-10-5-4-9-16(17)19-12-18(22)20-15-8-6-7-14(11-15)13(2)21/h4-11,19H,3,12H2,1-2H3,(H,20,22). The third kappa shape index (κ3) is 4.85. The van der Waals surface area contributed by atoms with Gasteiger partial charge in [0.05, 0.1) is 18.8 Å². The Balaban J connectivity index is 1.95. The van der Waals surface area contributed by atoms with Crippen molar-refractivity contribution in [3.63, 3.8) is 0 Å². The van der Waals surface area contributed by atoms with Crippen LogP contribution in [0.5, 0.6) is 5.75 Å². The lowest BCUT2D eigenvalue weighted by Gasteiger charge is -2.12. The van der Waals surface area contributed by atoms with Crippen LogP contribution in [0.15, 0.2) is 48.5 Å². The lowest BCUT2D eigenvalue weighted by molar-refractivity contribution is -0.114. The Hall–Kier alpha value is -2.82. The number of rotatable bonds is 7. The van der Waals surface area contributed by atoms with Gasteiger partial charge in [0.15, 0.2) is 5.78 Å². The van der Waals surface area contributed by atoms with Gasteiger partial charge in [0.1, 0.15) is 5.75 Å². The summed E-state index contributed by atoms with van der Waals surface area (Å²) in [4.78, 5) is 23.4. The number of Topliss-reactive ketones (excluding diaryl/α,β-unsaturated/α-hetero) is 1. The predicted octanol–water partition coefficient (Wildman–Crippen LogP) is 3.34. The van der Waals surface area contributed by atoms with E-state index in [2.05, 4.69) is 10.6 Å². The van der Waals surface area contributed by atoms with E-state index in [1.807, 2.05) is 31.2 Å². The molecule has 1 amide bonds. The summed E-state index contributed by atoms with van der Waals surface area (Å²) in [5.41, 5.74) is 1.93. The fourth-order valence-electron chi connectivity index (χ4n) is 2.09. The second-order valence-corrected chi connectivity index (χ2v) is 4.97. The van der Waals surface area contributed by atoms with Crippen molar-refractivity contribution in [3.05, 3.63) is 54.1 Å². The van der Waals surface area contributed by atoms with Gasteiger partial charge < -0.3 is 15.4 Å². The van der Waals surface area contributed by atoms with E-state index in [0.29, 0.717) is 23.6 Å². The number of hydrogen-bond donors (Lipinski definition) is 2. The van der Waals surface area contributed by atoms with Crippen molar-refractivity contribution in [2.75, 3.05) is 23.8 Å². The van der Waals surface area contributed by atoms with Gasteiger partial charge in [0.2, 0.25) is 5.91 Å². The zero-order valence-corrected chi connectivity index (χ0v) is 13.3. The second kappa shape index (κ2) is 7.98. The number of ketones is 1. The summed E-state index contributed by atoms with van der Waals surface area (Å²) in [6.07, 6.45) is 0. The first-order chi connectivity index (χ1) is 11.1. The molecule has 0 atom stereocenters. The van der Waals surface area contributed by atoms with Crippen molar-refractivity contribution in [1.82, 2.24) is 0 Å². The van der Waals surface area contributed by atoms with Gasteiger partial charge in [-0.05, 0) is 38.1 Å². The monoisotopic (exact) mass is 312 g/mol. The SMILES string of the molecule is CCOc1ccccc1NCC(=O)Nc1cccc(C(C)=O)c1. The Morgan fingerprint density at radius 2 is 1.87 bits per heavy atom. The average Bonchev–Trinajstić information content (AvgIpc) is 2.54. The van der Waals surface area contributed by atoms with Gasteiger partial charge in [-0.25, -0.2) is 0 Å². The lowest BCUT2D eigenvalue weighted by atomic mass is 10.1. The molecule has 0 saturated carbocycles. The average molecular weight is 312 g/mol. The minimum absolute atomic E-state index is 0.0372. The first kappa shape index (κ1) is 16.5. The molecular weight excluding hydrogens is 292 g/mol. The Bertz CT molecular complexity index is 698. The molecule has 0 spiro atoms. The molecule has 0 aliphatic carbocycles. The van der Waals surface area contributed by atoms with Crippen LogP contribution in [0.3, 0.4) is 0 Å². The largest absolute Gasteiger partial charge is 0.492 e. The summed E-state index contributed by atoms with van der Waals surface area (Å²) in [7, 11) is 0. The zero-order valence-electron chi connectivity index (χ0n) is 13.3. The fourth-order valence-corrected chi connectivity index (χ4v) is 2.09. The van der Waals surface area contributed by atoms with E-state index in [0.717, 1.165) is 5.69 Å². The van der Waals surface area contributed by atoms with Gasteiger partial charge in [0.25, 0.3) is 0 Å². The molecule has 5 heteroatoms. The molecule has 5 nitrogen and oxygen atoms in total. The van der Waals surface area contributed by atoms with Crippen molar-refractivity contribution < 1.29 is 14.3 Å². The number of amides is 1. The van der Waals surface area contributed by atoms with Gasteiger partial charge in [-0.3, -0.25) is 9.59 Å². The number of carbonyl (C=O) groups is 2. The molecule has 2 N–H and O–H groups in total. The summed E-state index contributed by atoms with van der Waals surface area (Å²) in [6.45, 7) is 4.07. The molecule has 2 aromatic carbocycles. The molecule has 0 saturated heterocycles. The van der Waals surface area contributed by atoms with Crippen LogP contribution in [0.4, 0.5) is 11.4 Å². The van der Waals surface area contributed by atoms with Crippen LogP contribution in [0.2, 0.25) is 0 Å². The van der Waals surface area contributed by atoms with Crippen LogP contribution >= 0.6 is 0 Å². The topological polar surface area (TPSA) is 67.4 Å². The normalized spacial score (nSPS) is 10.0. The van der Waals surface area contributed by atoms with Crippen LogP contribution in [-0.2, 0) is 4.79 Å². The highest BCUT2D eigenvalue weighted by atomic mass is 16.5. The Kier molecular flexibility index (Phi) is 5.74. The highest BCUT2D eigenvalue weighted by Gasteiger charge is 2.07. The third-order valence-electron chi connectivity index (χ3n) is 3.18. The van der Waals surface area contributed by atoms with E-state index in [1.165, 1.54) is 6.92 Å². The molecule has 0 aliphatic rings. The highest BCUT2D eigenvalue weighted by molar-refractivity contribution is 5.98. The summed E-state index contributed by atoms with van der Waals surface area (Å²) >= 11 is 0. The van der Waals surface area contributed by atoms with Crippen molar-refractivity contribution >= 4 is 23.1 Å². The van der Waals surface area contributed by atoms with E-state index in [9.17, 15) is 9.59 Å². The summed E-state index contributed by atoms with van der Waals surface area (Å²) in [6, 6.07) is 14.3. The lowest BCUT2D eigenvalue weighted by Crippen LogP contribution is -2.22. The number of carbonyl (C=O) groups excluding carboxylic acids is 2. The Morgan fingerprint density at radius 1 is 1.09 bits per heavy atom. The zero-order chi connectivity index (χ0) is 16.7. The predicted molar refractivity (Wildman–Crippen MR) is 91.2 cm³/mol. The summed E-state index contributed by atoms with van der Waals surface area (Å²) < 4.78 is 5.50. The van der Waals surface area contributed by atoms with Gasteiger partial charge in [-0.2, -0.15) is 0 Å². The maximum absolute atomic E-state index is 12.0. The summed E-state index contributed by atoms with van der Waals surface area (Å²) in [5, 5.41) is 5.82. The highest BCUT2D eigenvalue weighted by Crippen LogP contribution is 2.23. The molecule has 2 rings (SSSR count). The molecule has 2 aromatic rings. The third-order valence-corrected chi connectivity index (χ3v) is 3.18. The first-order valence-corrected chi connectivity index (χ1v) is 7.46. The molecule has 0 radical (unpaired) electrons. The van der Waals surface area contributed by atoms with Crippen LogP contribution in [0.1, 0.15) is 24.2 Å². The van der Waals surface area contributed by atoms with Crippen molar-refractivity contribution in [2.45, 2.75) is 13.8 Å². The van der Waals surface area contributed by atoms with Gasteiger partial charge in [-0.15, -0.1) is 0 Å². The molecule has 0 aromatic heterocycles. The van der Waals surface area contributed by atoms with Crippen LogP contribution in [0, 0.1) is 0 Å². The minimum Gasteiger partial charge on any atom is -0.492 e. The summed E-state index contributed by atoms with van der Waals surface area (Å²) in [5.74, 6) is 0.475. The number of nitrogens with one attached hydrogen (secondary N) is 2. The Morgan fingerprint density at radius 3 is 2.61 bits per heavy atom. The number of anilines is 2. The van der Waals surface area contributed by atoms with Gasteiger partial charge in [-0.1, -0.05) is 24.3 Å². The maximum Gasteiger partial charge on any atom is 0.243 e. The molecular formula is C18H20N2O3. The number of ether oxygens (including phenoxy) is 1. The minimum atomic E-state index is -0.197. The van der Waals surface area contributed by atoms with Gasteiger partial charge >= 0.3 is 0 Å². The first-order valence-electron chi connectivity index (χ1n) is 7.46. The molecule has 0 unspecified atom stereocenters. The van der Waals surface area contributed by atoms with E-state index >= 15 is 0 Å². The maximum atomic E-state index is 12.0. The molecule has 0 aliphatic heterocycles. The van der Waals surface area contributed by atoms with E-state index in [1.54, 1.807) is 24.3 Å². The molecule has 0 bridgehead atoms. The van der Waals surface area contributed by atoms with E-state index in [4.69, 9.17) is 4.74 Å². The second-order valence-electron chi connectivity index (χ2n) is 4.97. The quantitative estimate of drug-likeness (QED) is 0.770. The van der Waals surface area contributed by atoms with Crippen molar-refractivity contribution in [1.29, 1.82) is 0 Å². The van der Waals surface area contributed by atoms with Crippen molar-refractivity contribution in [3.8, 4) is 5.75 Å². The molecule has 120 valence electrons. The van der Waals surface area contributed by atoms with Crippen LogP contribution in [0.25, 0.3) is 0 Å². The Labute approximate surface area is 135 Å².